The molecule has 1 aromatic rings. The van der Waals surface area contributed by atoms with Gasteiger partial charge in [-0.25, -0.2) is 0 Å². The minimum absolute atomic E-state index is 0.464. The molecule has 0 aromatic carbocycles. The Morgan fingerprint density at radius 1 is 1.30 bits per heavy atom. The fourth-order valence-electron chi connectivity index (χ4n) is 3.68. The van der Waals surface area contributed by atoms with Crippen molar-refractivity contribution in [2.24, 2.45) is 5.41 Å². The second-order valence-electron chi connectivity index (χ2n) is 6.47. The first-order valence-corrected chi connectivity index (χ1v) is 8.42. The van der Waals surface area contributed by atoms with Gasteiger partial charge in [-0.1, -0.05) is 33.6 Å². The largest absolute Gasteiger partial charge is 0.313 e. The Morgan fingerprint density at radius 3 is 2.55 bits per heavy atom. The molecule has 0 aliphatic heterocycles. The Hall–Kier alpha value is -0.830. The topological polar surface area (TPSA) is 29.9 Å². The molecule has 0 amide bonds. The van der Waals surface area contributed by atoms with Gasteiger partial charge in [0.25, 0.3) is 0 Å². The molecule has 1 heterocycles. The third-order valence-corrected chi connectivity index (χ3v) is 5.03. The molecule has 114 valence electrons. The number of aryl methyl sites for hydroxylation is 2. The van der Waals surface area contributed by atoms with Gasteiger partial charge in [-0.2, -0.15) is 5.10 Å². The first-order chi connectivity index (χ1) is 9.62. The molecular formula is C17H31N3. The molecule has 1 fully saturated rings. The van der Waals surface area contributed by atoms with Crippen LogP contribution in [0.3, 0.4) is 0 Å². The van der Waals surface area contributed by atoms with Crippen LogP contribution in [0.4, 0.5) is 0 Å². The molecule has 1 saturated carbocycles. The van der Waals surface area contributed by atoms with Crippen LogP contribution in [0.1, 0.15) is 64.8 Å². The number of hydrogen-bond acceptors (Lipinski definition) is 2. The molecule has 1 N–H and O–H groups in total. The van der Waals surface area contributed by atoms with Crippen molar-refractivity contribution in [3.05, 3.63) is 17.5 Å². The van der Waals surface area contributed by atoms with Gasteiger partial charge in [0.2, 0.25) is 0 Å². The molecule has 3 heteroatoms. The molecule has 0 saturated heterocycles. The SMILES string of the molecule is CCNC(Cc1cc(CC)nn1CC)C1(C)CCCC1. The smallest absolute Gasteiger partial charge is 0.0624 e. The van der Waals surface area contributed by atoms with Crippen LogP contribution in [0.5, 0.6) is 0 Å². The molecule has 3 nitrogen and oxygen atoms in total. The highest BCUT2D eigenvalue weighted by atomic mass is 15.3. The van der Waals surface area contributed by atoms with Gasteiger partial charge >= 0.3 is 0 Å². The summed E-state index contributed by atoms with van der Waals surface area (Å²) in [4.78, 5) is 0. The van der Waals surface area contributed by atoms with Gasteiger partial charge in [0.15, 0.2) is 0 Å². The highest BCUT2D eigenvalue weighted by Crippen LogP contribution is 2.41. The molecule has 2 rings (SSSR count). The van der Waals surface area contributed by atoms with Crippen LogP contribution in [0, 0.1) is 5.41 Å². The molecule has 1 unspecified atom stereocenters. The highest BCUT2D eigenvalue weighted by molar-refractivity contribution is 5.13. The number of hydrogen-bond donors (Lipinski definition) is 1. The summed E-state index contributed by atoms with van der Waals surface area (Å²) < 4.78 is 2.20. The number of rotatable bonds is 7. The molecular weight excluding hydrogens is 246 g/mol. The predicted octanol–water partition coefficient (Wildman–Crippen LogP) is 3.57. The molecule has 1 aromatic heterocycles. The minimum Gasteiger partial charge on any atom is -0.313 e. The van der Waals surface area contributed by atoms with Crippen molar-refractivity contribution >= 4 is 0 Å². The molecule has 1 aliphatic carbocycles. The molecule has 0 spiro atoms. The van der Waals surface area contributed by atoms with E-state index in [2.05, 4.69) is 43.8 Å². The lowest BCUT2D eigenvalue weighted by molar-refractivity contribution is 0.219. The first kappa shape index (κ1) is 15.6. The zero-order valence-corrected chi connectivity index (χ0v) is 13.7. The standard InChI is InChI=1S/C17H31N3/c1-5-14-12-15(20(7-3)19-14)13-16(18-6-2)17(4)10-8-9-11-17/h12,16,18H,5-11,13H2,1-4H3. The van der Waals surface area contributed by atoms with Crippen LogP contribution >= 0.6 is 0 Å². The molecule has 0 radical (unpaired) electrons. The van der Waals surface area contributed by atoms with Gasteiger partial charge in [-0.15, -0.1) is 0 Å². The average molecular weight is 277 g/mol. The summed E-state index contributed by atoms with van der Waals surface area (Å²) in [5.41, 5.74) is 3.10. The molecule has 0 bridgehead atoms. The Labute approximate surface area is 124 Å². The van der Waals surface area contributed by atoms with Crippen LogP contribution in [0.15, 0.2) is 6.07 Å². The van der Waals surface area contributed by atoms with E-state index in [1.165, 1.54) is 37.1 Å². The van der Waals surface area contributed by atoms with E-state index < -0.39 is 0 Å². The average Bonchev–Trinajstić information content (AvgIpc) is 3.05. The third-order valence-electron chi connectivity index (χ3n) is 5.03. The van der Waals surface area contributed by atoms with Crippen molar-refractivity contribution in [3.63, 3.8) is 0 Å². The van der Waals surface area contributed by atoms with E-state index in [1.807, 2.05) is 0 Å². The van der Waals surface area contributed by atoms with Gasteiger partial charge in [0.05, 0.1) is 5.69 Å². The van der Waals surface area contributed by atoms with Crippen molar-refractivity contribution in [1.82, 2.24) is 15.1 Å². The van der Waals surface area contributed by atoms with Crippen molar-refractivity contribution < 1.29 is 0 Å². The van der Waals surface area contributed by atoms with E-state index in [0.29, 0.717) is 11.5 Å². The lowest BCUT2D eigenvalue weighted by Gasteiger charge is -2.35. The van der Waals surface area contributed by atoms with Crippen LogP contribution in [-0.2, 0) is 19.4 Å². The van der Waals surface area contributed by atoms with E-state index in [4.69, 9.17) is 5.10 Å². The maximum Gasteiger partial charge on any atom is 0.0624 e. The van der Waals surface area contributed by atoms with Crippen LogP contribution in [0.2, 0.25) is 0 Å². The summed E-state index contributed by atoms with van der Waals surface area (Å²) in [6.45, 7) is 11.1. The van der Waals surface area contributed by atoms with Crippen LogP contribution in [-0.4, -0.2) is 22.4 Å². The normalized spacial score (nSPS) is 19.4. The maximum atomic E-state index is 4.70. The lowest BCUT2D eigenvalue weighted by atomic mass is 9.78. The molecule has 20 heavy (non-hydrogen) atoms. The number of aromatic nitrogens is 2. The number of nitrogens with zero attached hydrogens (tertiary/aromatic N) is 2. The summed E-state index contributed by atoms with van der Waals surface area (Å²) in [6, 6.07) is 2.90. The van der Waals surface area contributed by atoms with Crippen LogP contribution < -0.4 is 5.32 Å². The summed E-state index contributed by atoms with van der Waals surface area (Å²) in [5.74, 6) is 0. The van der Waals surface area contributed by atoms with E-state index in [-0.39, 0.29) is 0 Å². The Bertz CT molecular complexity index is 416. The summed E-state index contributed by atoms with van der Waals surface area (Å²) in [6.07, 6.45) is 7.67. The number of likely N-dealkylation sites (N-methyl/N-ethyl adjacent to an activating group) is 1. The van der Waals surface area contributed by atoms with Crippen molar-refractivity contribution in [2.75, 3.05) is 6.54 Å². The van der Waals surface area contributed by atoms with Crippen molar-refractivity contribution in [2.45, 2.75) is 78.8 Å². The Kier molecular flexibility index (Phi) is 5.25. The van der Waals surface area contributed by atoms with Gasteiger partial charge in [0.1, 0.15) is 0 Å². The predicted molar refractivity (Wildman–Crippen MR) is 85.0 cm³/mol. The van der Waals surface area contributed by atoms with Gasteiger partial charge in [-0.05, 0) is 44.2 Å². The van der Waals surface area contributed by atoms with Gasteiger partial charge in [0, 0.05) is 24.7 Å². The molecule has 1 atom stereocenters. The zero-order valence-electron chi connectivity index (χ0n) is 13.7. The minimum atomic E-state index is 0.464. The summed E-state index contributed by atoms with van der Waals surface area (Å²) in [5, 5.41) is 8.45. The monoisotopic (exact) mass is 277 g/mol. The van der Waals surface area contributed by atoms with Crippen molar-refractivity contribution in [1.29, 1.82) is 0 Å². The van der Waals surface area contributed by atoms with E-state index in [9.17, 15) is 0 Å². The van der Waals surface area contributed by atoms with E-state index in [0.717, 1.165) is 25.9 Å². The number of nitrogens with one attached hydrogen (secondary N) is 1. The molecule has 1 aliphatic rings. The summed E-state index contributed by atoms with van der Waals surface area (Å²) in [7, 11) is 0. The van der Waals surface area contributed by atoms with Crippen molar-refractivity contribution in [3.8, 4) is 0 Å². The fraction of sp³-hybridized carbons (Fsp3) is 0.824. The highest BCUT2D eigenvalue weighted by Gasteiger charge is 2.36. The van der Waals surface area contributed by atoms with Crippen LogP contribution in [0.25, 0.3) is 0 Å². The lowest BCUT2D eigenvalue weighted by Crippen LogP contribution is -2.44. The fourth-order valence-corrected chi connectivity index (χ4v) is 3.68. The second kappa shape index (κ2) is 6.75. The van der Waals surface area contributed by atoms with Gasteiger partial charge < -0.3 is 5.32 Å². The van der Waals surface area contributed by atoms with E-state index in [1.54, 1.807) is 0 Å². The zero-order chi connectivity index (χ0) is 14.6. The third kappa shape index (κ3) is 3.25. The first-order valence-electron chi connectivity index (χ1n) is 8.42. The van der Waals surface area contributed by atoms with E-state index >= 15 is 0 Å². The Morgan fingerprint density at radius 2 is 2.00 bits per heavy atom. The Balaban J connectivity index is 2.17. The second-order valence-corrected chi connectivity index (χ2v) is 6.47. The van der Waals surface area contributed by atoms with Gasteiger partial charge in [-0.3, -0.25) is 4.68 Å². The summed E-state index contributed by atoms with van der Waals surface area (Å²) >= 11 is 0. The quantitative estimate of drug-likeness (QED) is 0.826. The maximum absolute atomic E-state index is 4.70.